The molecule has 3 aromatic rings. The summed E-state index contributed by atoms with van der Waals surface area (Å²) in [5.74, 6) is 1.66. The Morgan fingerprint density at radius 1 is 0.950 bits per heavy atom. The molecule has 2 aromatic carbocycles. The fraction of sp³-hybridized carbons (Fsp3) is 0.176. The lowest BCUT2D eigenvalue weighted by Gasteiger charge is -2.00. The zero-order chi connectivity index (χ0) is 14.5. The van der Waals surface area contributed by atoms with Crippen molar-refractivity contribution in [2.24, 2.45) is 0 Å². The summed E-state index contributed by atoms with van der Waals surface area (Å²) in [5.41, 5.74) is 1.85. The quantitative estimate of drug-likeness (QED) is 0.595. The number of hydrogen-bond acceptors (Lipinski definition) is 2. The van der Waals surface area contributed by atoms with Crippen LogP contribution in [0.5, 0.6) is 5.75 Å². The van der Waals surface area contributed by atoms with Crippen molar-refractivity contribution in [2.45, 2.75) is 13.8 Å². The van der Waals surface area contributed by atoms with Crippen LogP contribution >= 0.6 is 11.6 Å². The lowest BCUT2D eigenvalue weighted by atomic mass is 10.1. The third-order valence-corrected chi connectivity index (χ3v) is 3.09. The van der Waals surface area contributed by atoms with Gasteiger partial charge in [0, 0.05) is 16.0 Å². The maximum atomic E-state index is 5.96. The van der Waals surface area contributed by atoms with Crippen molar-refractivity contribution in [2.75, 3.05) is 7.11 Å². The fourth-order valence-electron chi connectivity index (χ4n) is 1.91. The first-order valence-electron chi connectivity index (χ1n) is 6.60. The van der Waals surface area contributed by atoms with Gasteiger partial charge < -0.3 is 9.15 Å². The average Bonchev–Trinajstić information content (AvgIpc) is 2.92. The van der Waals surface area contributed by atoms with Gasteiger partial charge in [0.25, 0.3) is 0 Å². The van der Waals surface area contributed by atoms with Crippen LogP contribution in [0.25, 0.3) is 22.3 Å². The molecule has 0 amide bonds. The van der Waals surface area contributed by atoms with Gasteiger partial charge in [-0.1, -0.05) is 25.4 Å². The van der Waals surface area contributed by atoms with E-state index >= 15 is 0 Å². The predicted octanol–water partition coefficient (Wildman–Crippen LogP) is 5.79. The second-order valence-corrected chi connectivity index (χ2v) is 4.46. The summed E-state index contributed by atoms with van der Waals surface area (Å²) in [6.45, 7) is 4.00. The topological polar surface area (TPSA) is 22.4 Å². The molecule has 1 heterocycles. The highest BCUT2D eigenvalue weighted by Gasteiger charge is 2.06. The molecule has 0 unspecified atom stereocenters. The van der Waals surface area contributed by atoms with Crippen LogP contribution in [0.4, 0.5) is 0 Å². The first-order chi connectivity index (χ1) is 9.76. The molecule has 0 aliphatic carbocycles. The van der Waals surface area contributed by atoms with Gasteiger partial charge >= 0.3 is 0 Å². The average molecular weight is 289 g/mol. The Kier molecular flexibility index (Phi) is 4.70. The van der Waals surface area contributed by atoms with Gasteiger partial charge in [-0.15, -0.1) is 0 Å². The van der Waals surface area contributed by atoms with E-state index in [9.17, 15) is 0 Å². The Hall–Kier alpha value is -1.93. The van der Waals surface area contributed by atoms with Crippen molar-refractivity contribution in [1.82, 2.24) is 0 Å². The van der Waals surface area contributed by atoms with E-state index in [0.717, 1.165) is 28.0 Å². The second kappa shape index (κ2) is 6.49. The SMILES string of the molecule is CC.COc1ccc(-c2cc3cc(Cl)ccc3o2)cc1. The van der Waals surface area contributed by atoms with Gasteiger partial charge in [0.15, 0.2) is 0 Å². The molecule has 0 saturated heterocycles. The Labute approximate surface area is 123 Å². The van der Waals surface area contributed by atoms with Crippen LogP contribution in [0, 0.1) is 0 Å². The van der Waals surface area contributed by atoms with Gasteiger partial charge in [0.1, 0.15) is 17.1 Å². The third kappa shape index (κ3) is 2.97. The van der Waals surface area contributed by atoms with Crippen molar-refractivity contribution in [1.29, 1.82) is 0 Å². The summed E-state index contributed by atoms with van der Waals surface area (Å²) in [6.07, 6.45) is 0. The number of ether oxygens (including phenoxy) is 1. The lowest BCUT2D eigenvalue weighted by molar-refractivity contribution is 0.415. The number of fused-ring (bicyclic) bond motifs is 1. The summed E-state index contributed by atoms with van der Waals surface area (Å²) >= 11 is 5.96. The smallest absolute Gasteiger partial charge is 0.135 e. The van der Waals surface area contributed by atoms with Gasteiger partial charge in [-0.2, -0.15) is 0 Å². The minimum absolute atomic E-state index is 0.713. The molecule has 2 nitrogen and oxygen atoms in total. The van der Waals surface area contributed by atoms with E-state index in [0.29, 0.717) is 5.02 Å². The minimum atomic E-state index is 0.713. The molecule has 0 fully saturated rings. The van der Waals surface area contributed by atoms with Gasteiger partial charge in [-0.25, -0.2) is 0 Å². The van der Waals surface area contributed by atoms with Crippen LogP contribution in [0.2, 0.25) is 5.02 Å². The Bertz CT molecular complexity index is 684. The number of hydrogen-bond donors (Lipinski definition) is 0. The molecule has 0 saturated carbocycles. The minimum Gasteiger partial charge on any atom is -0.497 e. The van der Waals surface area contributed by atoms with E-state index in [1.807, 2.05) is 62.4 Å². The summed E-state index contributed by atoms with van der Waals surface area (Å²) in [4.78, 5) is 0. The molecule has 0 aliphatic rings. The van der Waals surface area contributed by atoms with Gasteiger partial charge in [-0.05, 0) is 48.5 Å². The van der Waals surface area contributed by atoms with Crippen LogP contribution in [0.15, 0.2) is 52.9 Å². The molecular formula is C17H17ClO2. The summed E-state index contributed by atoms with van der Waals surface area (Å²) in [7, 11) is 1.65. The molecule has 20 heavy (non-hydrogen) atoms. The van der Waals surface area contributed by atoms with Gasteiger partial charge in [0.2, 0.25) is 0 Å². The van der Waals surface area contributed by atoms with E-state index in [1.165, 1.54) is 0 Å². The van der Waals surface area contributed by atoms with Crippen LogP contribution in [0.1, 0.15) is 13.8 Å². The number of rotatable bonds is 2. The largest absolute Gasteiger partial charge is 0.497 e. The zero-order valence-electron chi connectivity index (χ0n) is 11.8. The molecule has 104 valence electrons. The highest BCUT2D eigenvalue weighted by atomic mass is 35.5. The maximum Gasteiger partial charge on any atom is 0.135 e. The molecule has 1 aromatic heterocycles. The van der Waals surface area contributed by atoms with E-state index in [2.05, 4.69) is 0 Å². The van der Waals surface area contributed by atoms with Crippen LogP contribution in [-0.2, 0) is 0 Å². The van der Waals surface area contributed by atoms with Gasteiger partial charge in [-0.3, -0.25) is 0 Å². The number of methoxy groups -OCH3 is 1. The lowest BCUT2D eigenvalue weighted by Crippen LogP contribution is -1.81. The molecule has 0 atom stereocenters. The summed E-state index contributed by atoms with van der Waals surface area (Å²) in [5, 5.41) is 1.72. The molecule has 0 radical (unpaired) electrons. The molecule has 0 N–H and O–H groups in total. The Balaban J connectivity index is 0.000000704. The maximum absolute atomic E-state index is 5.96. The third-order valence-electron chi connectivity index (χ3n) is 2.85. The van der Waals surface area contributed by atoms with Crippen molar-refractivity contribution >= 4 is 22.6 Å². The molecule has 0 aliphatic heterocycles. The molecular weight excluding hydrogens is 272 g/mol. The van der Waals surface area contributed by atoms with Crippen molar-refractivity contribution in [3.8, 4) is 17.1 Å². The number of furan rings is 1. The molecule has 0 bridgehead atoms. The Morgan fingerprint density at radius 3 is 2.30 bits per heavy atom. The number of benzene rings is 2. The Morgan fingerprint density at radius 2 is 1.65 bits per heavy atom. The van der Waals surface area contributed by atoms with E-state index in [1.54, 1.807) is 7.11 Å². The molecule has 3 heteroatoms. The first kappa shape index (κ1) is 14.5. The monoisotopic (exact) mass is 288 g/mol. The van der Waals surface area contributed by atoms with Crippen molar-refractivity contribution < 1.29 is 9.15 Å². The summed E-state index contributed by atoms with van der Waals surface area (Å²) in [6, 6.07) is 15.4. The van der Waals surface area contributed by atoms with E-state index < -0.39 is 0 Å². The molecule has 3 rings (SSSR count). The van der Waals surface area contributed by atoms with E-state index in [-0.39, 0.29) is 0 Å². The summed E-state index contributed by atoms with van der Waals surface area (Å²) < 4.78 is 10.9. The van der Waals surface area contributed by atoms with E-state index in [4.69, 9.17) is 20.8 Å². The van der Waals surface area contributed by atoms with Gasteiger partial charge in [0.05, 0.1) is 7.11 Å². The van der Waals surface area contributed by atoms with Crippen LogP contribution in [-0.4, -0.2) is 7.11 Å². The highest BCUT2D eigenvalue weighted by Crippen LogP contribution is 2.30. The standard InChI is InChI=1S/C15H11ClO2.C2H6/c1-17-13-5-2-10(3-6-13)15-9-11-8-12(16)4-7-14(11)18-15;1-2/h2-9H,1H3;1-2H3. The van der Waals surface area contributed by atoms with Crippen molar-refractivity contribution in [3.05, 3.63) is 53.6 Å². The first-order valence-corrected chi connectivity index (χ1v) is 6.97. The fourth-order valence-corrected chi connectivity index (χ4v) is 2.09. The zero-order valence-corrected chi connectivity index (χ0v) is 12.6. The second-order valence-electron chi connectivity index (χ2n) is 4.02. The van der Waals surface area contributed by atoms with Crippen molar-refractivity contribution in [3.63, 3.8) is 0 Å². The highest BCUT2D eigenvalue weighted by molar-refractivity contribution is 6.31. The van der Waals surface area contributed by atoms with Crippen LogP contribution in [0.3, 0.4) is 0 Å². The number of halogens is 1. The predicted molar refractivity (Wildman–Crippen MR) is 84.6 cm³/mol. The molecule has 0 spiro atoms. The van der Waals surface area contributed by atoms with Crippen LogP contribution < -0.4 is 4.74 Å². The normalized spacial score (nSPS) is 10.0.